The molecule has 0 spiro atoms. The number of aliphatic imine (C=N–C) groups is 1. The molecule has 0 fully saturated rings. The molecule has 0 aromatic carbocycles. The quantitative estimate of drug-likeness (QED) is 0.601. The van der Waals surface area contributed by atoms with Crippen molar-refractivity contribution in [1.82, 2.24) is 9.88 Å². The topological polar surface area (TPSA) is 45.6 Å². The molecule has 1 heterocycles. The fourth-order valence-electron chi connectivity index (χ4n) is 0.576. The Morgan fingerprint density at radius 1 is 1.77 bits per heavy atom. The summed E-state index contributed by atoms with van der Waals surface area (Å²) in [6.07, 6.45) is 1.46. The van der Waals surface area contributed by atoms with Crippen LogP contribution < -0.4 is 0 Å². The van der Waals surface area contributed by atoms with E-state index in [4.69, 9.17) is 0 Å². The number of carbonyl (C=O) groups is 1. The Morgan fingerprint density at radius 2 is 2.46 bits per heavy atom. The maximum absolute atomic E-state index is 11.3. The van der Waals surface area contributed by atoms with Crippen molar-refractivity contribution in [3.63, 3.8) is 0 Å². The first-order valence-corrected chi connectivity index (χ1v) is 5.13. The zero-order valence-electron chi connectivity index (χ0n) is 7.19. The predicted molar refractivity (Wildman–Crippen MR) is 56.3 cm³/mol. The summed E-state index contributed by atoms with van der Waals surface area (Å²) in [5.74, 6) is -0.315. The molecule has 0 radical (unpaired) electrons. The van der Waals surface area contributed by atoms with Crippen LogP contribution in [0, 0.1) is 0 Å². The fraction of sp³-hybridized carbons (Fsp3) is 0.286. The molecule has 0 aliphatic carbocycles. The second kappa shape index (κ2) is 4.48. The van der Waals surface area contributed by atoms with E-state index in [9.17, 15) is 4.79 Å². The van der Waals surface area contributed by atoms with Crippen LogP contribution in [-0.4, -0.2) is 36.2 Å². The van der Waals surface area contributed by atoms with E-state index in [-0.39, 0.29) is 5.91 Å². The highest BCUT2D eigenvalue weighted by Gasteiger charge is 2.07. The van der Waals surface area contributed by atoms with Crippen LogP contribution in [-0.2, 0) is 0 Å². The van der Waals surface area contributed by atoms with Crippen molar-refractivity contribution in [2.45, 2.75) is 0 Å². The Balaban J connectivity index is 2.69. The highest BCUT2D eigenvalue weighted by atomic mass is 79.9. The van der Waals surface area contributed by atoms with Crippen molar-refractivity contribution in [2.24, 2.45) is 4.99 Å². The summed E-state index contributed by atoms with van der Waals surface area (Å²) < 4.78 is 0.668. The van der Waals surface area contributed by atoms with Crippen LogP contribution in [0.4, 0.5) is 0 Å². The highest BCUT2D eigenvalue weighted by molar-refractivity contribution is 9.10. The van der Waals surface area contributed by atoms with Gasteiger partial charge in [0, 0.05) is 19.5 Å². The number of nitrogens with zero attached hydrogens (tertiary/aromatic N) is 3. The number of hydrogen-bond acceptors (Lipinski definition) is 3. The molecule has 0 aliphatic rings. The second-order valence-corrected chi connectivity index (χ2v) is 4.16. The summed E-state index contributed by atoms with van der Waals surface area (Å²) in [4.78, 5) is 20.6. The summed E-state index contributed by atoms with van der Waals surface area (Å²) in [6.45, 7) is 0. The first-order valence-electron chi connectivity index (χ1n) is 3.45. The molecule has 0 saturated heterocycles. The largest absolute Gasteiger partial charge is 0.369 e. The molecule has 4 nitrogen and oxygen atoms in total. The van der Waals surface area contributed by atoms with Crippen LogP contribution in [0.25, 0.3) is 0 Å². The first kappa shape index (κ1) is 10.3. The van der Waals surface area contributed by atoms with Crippen LogP contribution in [0.1, 0.15) is 9.80 Å². The second-order valence-electron chi connectivity index (χ2n) is 2.49. The van der Waals surface area contributed by atoms with E-state index in [1.807, 2.05) is 0 Å². The van der Waals surface area contributed by atoms with E-state index < -0.39 is 0 Å². The number of aromatic nitrogens is 1. The van der Waals surface area contributed by atoms with E-state index in [2.05, 4.69) is 25.9 Å². The summed E-state index contributed by atoms with van der Waals surface area (Å²) in [5, 5.41) is 2.14. The molecule has 6 heteroatoms. The van der Waals surface area contributed by atoms with Crippen molar-refractivity contribution in [2.75, 3.05) is 14.1 Å². The zero-order chi connectivity index (χ0) is 9.84. The number of amides is 1. The normalized spacial score (nSPS) is 10.7. The minimum absolute atomic E-state index is 0.315. The Morgan fingerprint density at radius 3 is 2.92 bits per heavy atom. The lowest BCUT2D eigenvalue weighted by atomic mass is 10.6. The van der Waals surface area contributed by atoms with Crippen molar-refractivity contribution in [1.29, 1.82) is 0 Å². The van der Waals surface area contributed by atoms with Gasteiger partial charge in [-0.05, 0) is 15.9 Å². The highest BCUT2D eigenvalue weighted by Crippen LogP contribution is 2.15. The molecule has 13 heavy (non-hydrogen) atoms. The molecule has 1 aromatic heterocycles. The lowest BCUT2D eigenvalue weighted by Crippen LogP contribution is -2.09. The zero-order valence-corrected chi connectivity index (χ0v) is 9.59. The minimum Gasteiger partial charge on any atom is -0.369 e. The number of thiazole rings is 1. The van der Waals surface area contributed by atoms with Gasteiger partial charge in [0.05, 0.1) is 6.34 Å². The third-order valence-electron chi connectivity index (χ3n) is 1.07. The lowest BCUT2D eigenvalue weighted by molar-refractivity contribution is 0.100. The number of halogens is 1. The van der Waals surface area contributed by atoms with Crippen LogP contribution in [0.3, 0.4) is 0 Å². The van der Waals surface area contributed by atoms with Crippen molar-refractivity contribution >= 4 is 39.5 Å². The Labute approximate surface area is 88.4 Å². The third kappa shape index (κ3) is 3.23. The van der Waals surface area contributed by atoms with Crippen molar-refractivity contribution < 1.29 is 4.79 Å². The van der Waals surface area contributed by atoms with Gasteiger partial charge < -0.3 is 4.90 Å². The molecular weight excluding hydrogens is 254 g/mol. The van der Waals surface area contributed by atoms with Gasteiger partial charge in [-0.2, -0.15) is 4.99 Å². The average molecular weight is 262 g/mol. The maximum Gasteiger partial charge on any atom is 0.307 e. The van der Waals surface area contributed by atoms with E-state index in [0.29, 0.717) is 9.61 Å². The van der Waals surface area contributed by atoms with Gasteiger partial charge in [-0.15, -0.1) is 11.3 Å². The van der Waals surface area contributed by atoms with Gasteiger partial charge in [-0.3, -0.25) is 4.79 Å². The van der Waals surface area contributed by atoms with Crippen molar-refractivity contribution in [3.05, 3.63) is 15.0 Å². The van der Waals surface area contributed by atoms with Gasteiger partial charge in [-0.1, -0.05) is 0 Å². The molecule has 0 bridgehead atoms. The van der Waals surface area contributed by atoms with Gasteiger partial charge >= 0.3 is 5.91 Å². The molecule has 0 atom stereocenters. The van der Waals surface area contributed by atoms with Crippen LogP contribution >= 0.6 is 27.3 Å². The van der Waals surface area contributed by atoms with Crippen LogP contribution in [0.15, 0.2) is 15.0 Å². The van der Waals surface area contributed by atoms with E-state index >= 15 is 0 Å². The number of rotatable bonds is 2. The summed E-state index contributed by atoms with van der Waals surface area (Å²) in [5.41, 5.74) is 0. The van der Waals surface area contributed by atoms with Gasteiger partial charge in [-0.25, -0.2) is 4.98 Å². The van der Waals surface area contributed by atoms with Crippen LogP contribution in [0.5, 0.6) is 0 Å². The van der Waals surface area contributed by atoms with Crippen LogP contribution in [0.2, 0.25) is 0 Å². The maximum atomic E-state index is 11.3. The number of carbonyl (C=O) groups excluding carboxylic acids is 1. The molecule has 1 amide bonds. The summed E-state index contributed by atoms with van der Waals surface area (Å²) in [6, 6.07) is 0. The van der Waals surface area contributed by atoms with E-state index in [1.165, 1.54) is 17.7 Å². The standard InChI is InChI=1S/C7H8BrN3OS/c1-11(2)4-9-6(12)7-10-5(8)3-13-7/h3-4H,1-2H3. The molecule has 1 rings (SSSR count). The third-order valence-corrected chi connectivity index (χ3v) is 2.60. The van der Waals surface area contributed by atoms with Gasteiger partial charge in [0.15, 0.2) is 5.01 Å². The smallest absolute Gasteiger partial charge is 0.307 e. The SMILES string of the molecule is CN(C)C=NC(=O)c1nc(Br)cs1. The van der Waals surface area contributed by atoms with Crippen molar-refractivity contribution in [3.8, 4) is 0 Å². The minimum atomic E-state index is -0.315. The van der Waals surface area contributed by atoms with Gasteiger partial charge in [0.1, 0.15) is 4.60 Å². The molecular formula is C7H8BrN3OS. The molecule has 0 saturated carbocycles. The molecule has 1 aromatic rings. The number of hydrogen-bond donors (Lipinski definition) is 0. The monoisotopic (exact) mass is 261 g/mol. The molecule has 0 N–H and O–H groups in total. The Bertz CT molecular complexity index is 334. The van der Waals surface area contributed by atoms with Gasteiger partial charge in [0.2, 0.25) is 0 Å². The van der Waals surface area contributed by atoms with E-state index in [0.717, 1.165) is 0 Å². The Hall–Kier alpha value is -0.750. The molecule has 70 valence electrons. The summed E-state index contributed by atoms with van der Waals surface area (Å²) in [7, 11) is 3.60. The van der Waals surface area contributed by atoms with Gasteiger partial charge in [0.25, 0.3) is 0 Å². The average Bonchev–Trinajstić information content (AvgIpc) is 2.47. The fourth-order valence-corrected chi connectivity index (χ4v) is 1.72. The molecule has 0 aliphatic heterocycles. The Kier molecular flexibility index (Phi) is 3.56. The predicted octanol–water partition coefficient (Wildman–Crippen LogP) is 1.64. The summed E-state index contributed by atoms with van der Waals surface area (Å²) >= 11 is 4.43. The van der Waals surface area contributed by atoms with E-state index in [1.54, 1.807) is 24.4 Å². The lowest BCUT2D eigenvalue weighted by Gasteiger charge is -1.99. The molecule has 0 unspecified atom stereocenters. The first-order chi connectivity index (χ1) is 6.09.